The van der Waals surface area contributed by atoms with Crippen molar-refractivity contribution >= 4 is 23.9 Å². The van der Waals surface area contributed by atoms with E-state index in [2.05, 4.69) is 4.74 Å². The number of esters is 2. The van der Waals surface area contributed by atoms with Gasteiger partial charge in [-0.2, -0.15) is 0 Å². The van der Waals surface area contributed by atoms with Crippen LogP contribution < -0.4 is 0 Å². The first-order valence-electron chi connectivity index (χ1n) is 4.66. The molecule has 0 saturated carbocycles. The zero-order valence-corrected chi connectivity index (χ0v) is 9.17. The number of carbonyl (C=O) groups excluding carboxylic acids is 2. The van der Waals surface area contributed by atoms with Crippen molar-refractivity contribution in [2.24, 2.45) is 0 Å². The number of aromatic carboxylic acids is 2. The third kappa shape index (κ3) is 2.91. The zero-order chi connectivity index (χ0) is 13.9. The average molecular weight is 252 g/mol. The standard InChI is InChI=1S/C11H8O7/c1-5(12)18-11(17)6-2-3-7(9(13)14)8(4-6)10(15)16/h2-4H,1H3,(H,13,14)(H,15,16). The van der Waals surface area contributed by atoms with Crippen molar-refractivity contribution < 1.29 is 34.1 Å². The smallest absolute Gasteiger partial charge is 0.345 e. The second-order valence-electron chi connectivity index (χ2n) is 3.25. The molecule has 0 aliphatic rings. The van der Waals surface area contributed by atoms with Gasteiger partial charge in [0.05, 0.1) is 16.7 Å². The number of carboxylic acid groups (broad SMARTS) is 2. The van der Waals surface area contributed by atoms with Crippen molar-refractivity contribution in [3.63, 3.8) is 0 Å². The van der Waals surface area contributed by atoms with Gasteiger partial charge in [-0.3, -0.25) is 4.79 Å². The number of benzene rings is 1. The van der Waals surface area contributed by atoms with Crippen molar-refractivity contribution in [1.29, 1.82) is 0 Å². The Hall–Kier alpha value is -2.70. The summed E-state index contributed by atoms with van der Waals surface area (Å²) < 4.78 is 4.25. The Balaban J connectivity index is 3.23. The Bertz CT molecular complexity index is 544. The number of rotatable bonds is 3. The van der Waals surface area contributed by atoms with Gasteiger partial charge in [-0.05, 0) is 18.2 Å². The Labute approximate surface area is 101 Å². The predicted octanol–water partition coefficient (Wildman–Crippen LogP) is 0.786. The van der Waals surface area contributed by atoms with E-state index in [1.807, 2.05) is 0 Å². The summed E-state index contributed by atoms with van der Waals surface area (Å²) in [4.78, 5) is 43.5. The van der Waals surface area contributed by atoms with Gasteiger partial charge in [-0.25, -0.2) is 14.4 Å². The topological polar surface area (TPSA) is 118 Å². The maximum absolute atomic E-state index is 11.3. The van der Waals surface area contributed by atoms with Crippen LogP contribution in [0.5, 0.6) is 0 Å². The highest BCUT2D eigenvalue weighted by molar-refractivity contribution is 6.04. The monoisotopic (exact) mass is 252 g/mol. The quantitative estimate of drug-likeness (QED) is 0.602. The van der Waals surface area contributed by atoms with Gasteiger partial charge < -0.3 is 14.9 Å². The van der Waals surface area contributed by atoms with Gasteiger partial charge in [0.25, 0.3) is 0 Å². The highest BCUT2D eigenvalue weighted by atomic mass is 16.6. The molecule has 0 atom stereocenters. The van der Waals surface area contributed by atoms with Gasteiger partial charge in [0.1, 0.15) is 0 Å². The normalized spacial score (nSPS) is 9.61. The second kappa shape index (κ2) is 5.09. The van der Waals surface area contributed by atoms with Crippen molar-refractivity contribution in [3.05, 3.63) is 34.9 Å². The lowest BCUT2D eigenvalue weighted by molar-refractivity contribution is -0.135. The van der Waals surface area contributed by atoms with Crippen LogP contribution in [0.1, 0.15) is 38.0 Å². The summed E-state index contributed by atoms with van der Waals surface area (Å²) in [6.45, 7) is 1.02. The minimum absolute atomic E-state index is 0.215. The molecule has 0 bridgehead atoms. The molecule has 0 aliphatic carbocycles. The largest absolute Gasteiger partial charge is 0.478 e. The van der Waals surface area contributed by atoms with Crippen molar-refractivity contribution in [2.75, 3.05) is 0 Å². The molecule has 0 saturated heterocycles. The fourth-order valence-electron chi connectivity index (χ4n) is 1.22. The molecule has 2 N–H and O–H groups in total. The number of hydrogen-bond acceptors (Lipinski definition) is 5. The fourth-order valence-corrected chi connectivity index (χ4v) is 1.22. The third-order valence-corrected chi connectivity index (χ3v) is 1.95. The number of carbonyl (C=O) groups is 4. The van der Waals surface area contributed by atoms with Crippen molar-refractivity contribution in [2.45, 2.75) is 6.92 Å². The number of ether oxygens (including phenoxy) is 1. The molecule has 7 nitrogen and oxygen atoms in total. The van der Waals surface area contributed by atoms with E-state index in [0.29, 0.717) is 0 Å². The lowest BCUT2D eigenvalue weighted by Crippen LogP contribution is -2.13. The second-order valence-corrected chi connectivity index (χ2v) is 3.25. The van der Waals surface area contributed by atoms with Crippen molar-refractivity contribution in [3.8, 4) is 0 Å². The first-order chi connectivity index (χ1) is 8.32. The molecule has 0 spiro atoms. The maximum Gasteiger partial charge on any atom is 0.345 e. The summed E-state index contributed by atoms with van der Waals surface area (Å²) in [5.74, 6) is -4.81. The van der Waals surface area contributed by atoms with Crippen LogP contribution in [0.2, 0.25) is 0 Å². The van der Waals surface area contributed by atoms with Gasteiger partial charge in [0, 0.05) is 6.92 Å². The van der Waals surface area contributed by atoms with E-state index in [4.69, 9.17) is 10.2 Å². The van der Waals surface area contributed by atoms with Crippen LogP contribution in [-0.4, -0.2) is 34.1 Å². The molecule has 0 aliphatic heterocycles. The van der Waals surface area contributed by atoms with E-state index in [1.54, 1.807) is 0 Å². The van der Waals surface area contributed by atoms with Crippen LogP contribution in [0.15, 0.2) is 18.2 Å². The number of carboxylic acids is 2. The predicted molar refractivity (Wildman–Crippen MR) is 56.5 cm³/mol. The molecule has 0 amide bonds. The Kier molecular flexibility index (Phi) is 3.78. The molecule has 0 heterocycles. The Morgan fingerprint density at radius 3 is 2.00 bits per heavy atom. The van der Waals surface area contributed by atoms with E-state index in [1.165, 1.54) is 0 Å². The van der Waals surface area contributed by atoms with Crippen LogP contribution in [0, 0.1) is 0 Å². The van der Waals surface area contributed by atoms with Crippen LogP contribution in [0.3, 0.4) is 0 Å². The Morgan fingerprint density at radius 1 is 1.00 bits per heavy atom. The molecule has 1 rings (SSSR count). The zero-order valence-electron chi connectivity index (χ0n) is 9.17. The van der Waals surface area contributed by atoms with E-state index in [9.17, 15) is 19.2 Å². The van der Waals surface area contributed by atoms with Gasteiger partial charge in [0.2, 0.25) is 0 Å². The molecule has 7 heteroatoms. The molecule has 0 radical (unpaired) electrons. The summed E-state index contributed by atoms with van der Waals surface area (Å²) in [6.07, 6.45) is 0. The summed E-state index contributed by atoms with van der Waals surface area (Å²) in [6, 6.07) is 2.88. The van der Waals surface area contributed by atoms with Gasteiger partial charge in [0.15, 0.2) is 0 Å². The highest BCUT2D eigenvalue weighted by Crippen LogP contribution is 2.13. The van der Waals surface area contributed by atoms with Gasteiger partial charge in [-0.15, -0.1) is 0 Å². The van der Waals surface area contributed by atoms with E-state index in [-0.39, 0.29) is 5.56 Å². The molecule has 18 heavy (non-hydrogen) atoms. The maximum atomic E-state index is 11.3. The van der Waals surface area contributed by atoms with E-state index < -0.39 is 35.0 Å². The van der Waals surface area contributed by atoms with Crippen LogP contribution in [0.25, 0.3) is 0 Å². The third-order valence-electron chi connectivity index (χ3n) is 1.95. The number of hydrogen-bond donors (Lipinski definition) is 2. The molecular formula is C11H8O7. The van der Waals surface area contributed by atoms with E-state index in [0.717, 1.165) is 25.1 Å². The lowest BCUT2D eigenvalue weighted by Gasteiger charge is -2.04. The summed E-state index contributed by atoms with van der Waals surface area (Å²) >= 11 is 0. The minimum atomic E-state index is -1.50. The van der Waals surface area contributed by atoms with Crippen LogP contribution in [0.4, 0.5) is 0 Å². The molecular weight excluding hydrogens is 244 g/mol. The van der Waals surface area contributed by atoms with Gasteiger partial charge >= 0.3 is 23.9 Å². The Morgan fingerprint density at radius 2 is 1.56 bits per heavy atom. The SMILES string of the molecule is CC(=O)OC(=O)c1ccc(C(=O)O)c(C(=O)O)c1. The summed E-state index contributed by atoms with van der Waals surface area (Å²) in [5.41, 5.74) is -1.23. The van der Waals surface area contributed by atoms with Crippen LogP contribution >= 0.6 is 0 Å². The molecule has 0 aromatic heterocycles. The molecule has 1 aromatic carbocycles. The highest BCUT2D eigenvalue weighted by Gasteiger charge is 2.19. The fraction of sp³-hybridized carbons (Fsp3) is 0.0909. The lowest BCUT2D eigenvalue weighted by atomic mass is 10.0. The molecule has 1 aromatic rings. The molecule has 94 valence electrons. The van der Waals surface area contributed by atoms with Crippen LogP contribution in [-0.2, 0) is 9.53 Å². The average Bonchev–Trinajstić information content (AvgIpc) is 2.26. The van der Waals surface area contributed by atoms with Crippen molar-refractivity contribution in [1.82, 2.24) is 0 Å². The summed E-state index contributed by atoms with van der Waals surface area (Å²) in [7, 11) is 0. The first-order valence-corrected chi connectivity index (χ1v) is 4.66. The first kappa shape index (κ1) is 13.4. The molecule has 0 unspecified atom stereocenters. The molecule has 0 fully saturated rings. The van der Waals surface area contributed by atoms with Gasteiger partial charge in [-0.1, -0.05) is 0 Å². The van der Waals surface area contributed by atoms with E-state index >= 15 is 0 Å². The minimum Gasteiger partial charge on any atom is -0.478 e. The summed E-state index contributed by atoms with van der Waals surface area (Å²) in [5, 5.41) is 17.6.